The summed E-state index contributed by atoms with van der Waals surface area (Å²) in [5, 5.41) is 2.91. The number of sulfonamides is 1. The summed E-state index contributed by atoms with van der Waals surface area (Å²) < 4.78 is 32.6. The highest BCUT2D eigenvalue weighted by Crippen LogP contribution is 2.28. The van der Waals surface area contributed by atoms with Gasteiger partial charge in [0.15, 0.2) is 0 Å². The van der Waals surface area contributed by atoms with Gasteiger partial charge in [0.25, 0.3) is 0 Å². The van der Waals surface area contributed by atoms with Crippen LogP contribution in [-0.2, 0) is 14.8 Å². The van der Waals surface area contributed by atoms with Crippen LogP contribution in [0.25, 0.3) is 0 Å². The van der Waals surface area contributed by atoms with E-state index in [0.717, 1.165) is 11.1 Å². The van der Waals surface area contributed by atoms with Crippen molar-refractivity contribution in [2.45, 2.75) is 31.6 Å². The van der Waals surface area contributed by atoms with Crippen molar-refractivity contribution in [1.82, 2.24) is 4.31 Å². The molecule has 1 aliphatic rings. The van der Waals surface area contributed by atoms with E-state index in [9.17, 15) is 13.2 Å². The third-order valence-corrected chi connectivity index (χ3v) is 6.91. The molecule has 0 aromatic heterocycles. The topological polar surface area (TPSA) is 75.7 Å². The van der Waals surface area contributed by atoms with Gasteiger partial charge in [-0.05, 0) is 56.5 Å². The van der Waals surface area contributed by atoms with Crippen LogP contribution in [0.5, 0.6) is 5.75 Å². The molecule has 1 amide bonds. The lowest BCUT2D eigenvalue weighted by Crippen LogP contribution is -2.43. The summed E-state index contributed by atoms with van der Waals surface area (Å²) in [6.07, 6.45) is 1.30. The van der Waals surface area contributed by atoms with Crippen LogP contribution >= 0.6 is 0 Å². The molecule has 1 N–H and O–H groups in total. The monoisotopic (exact) mass is 402 g/mol. The highest BCUT2D eigenvalue weighted by atomic mass is 32.2. The van der Waals surface area contributed by atoms with Gasteiger partial charge < -0.3 is 10.1 Å². The molecule has 2 aromatic carbocycles. The zero-order valence-corrected chi connectivity index (χ0v) is 17.3. The van der Waals surface area contributed by atoms with Crippen molar-refractivity contribution >= 4 is 21.6 Å². The molecule has 1 fully saturated rings. The Kier molecular flexibility index (Phi) is 6.05. The molecule has 3 rings (SSSR count). The number of amides is 1. The number of anilines is 1. The van der Waals surface area contributed by atoms with Gasteiger partial charge >= 0.3 is 0 Å². The molecular weight excluding hydrogens is 376 g/mol. The predicted molar refractivity (Wildman–Crippen MR) is 109 cm³/mol. The number of benzene rings is 2. The fraction of sp³-hybridized carbons (Fsp3) is 0.381. The summed E-state index contributed by atoms with van der Waals surface area (Å²) in [6.45, 7) is 4.45. The highest BCUT2D eigenvalue weighted by molar-refractivity contribution is 7.89. The van der Waals surface area contributed by atoms with Crippen LogP contribution in [0, 0.1) is 19.8 Å². The van der Waals surface area contributed by atoms with Gasteiger partial charge in [-0.2, -0.15) is 4.31 Å². The minimum atomic E-state index is -3.61. The number of nitrogens with one attached hydrogen (secondary N) is 1. The molecule has 2 aromatic rings. The zero-order chi connectivity index (χ0) is 20.3. The van der Waals surface area contributed by atoms with Crippen molar-refractivity contribution < 1.29 is 17.9 Å². The third-order valence-electron chi connectivity index (χ3n) is 5.03. The van der Waals surface area contributed by atoms with Gasteiger partial charge in [-0.15, -0.1) is 0 Å². The lowest BCUT2D eigenvalue weighted by atomic mass is 9.98. The van der Waals surface area contributed by atoms with Gasteiger partial charge in [0.1, 0.15) is 5.75 Å². The van der Waals surface area contributed by atoms with Gasteiger partial charge in [-0.3, -0.25) is 4.79 Å². The SMILES string of the molecule is COc1ccc(C)cc1NC(=O)[C@H]1CCCN(S(=O)(=O)c2ccc(C)cc2)C1. The second-order valence-corrected chi connectivity index (χ2v) is 9.15. The Morgan fingerprint density at radius 2 is 1.79 bits per heavy atom. The van der Waals surface area contributed by atoms with Crippen LogP contribution < -0.4 is 10.1 Å². The zero-order valence-electron chi connectivity index (χ0n) is 16.4. The number of hydrogen-bond acceptors (Lipinski definition) is 4. The summed E-state index contributed by atoms with van der Waals surface area (Å²) in [5.74, 6) is -0.00853. The molecule has 1 atom stereocenters. The van der Waals surface area contributed by atoms with E-state index in [0.29, 0.717) is 30.8 Å². The summed E-state index contributed by atoms with van der Waals surface area (Å²) in [4.78, 5) is 13.1. The Morgan fingerprint density at radius 1 is 1.11 bits per heavy atom. The Hall–Kier alpha value is -2.38. The van der Waals surface area contributed by atoms with E-state index < -0.39 is 15.9 Å². The second-order valence-electron chi connectivity index (χ2n) is 7.21. The molecule has 0 radical (unpaired) electrons. The van der Waals surface area contributed by atoms with Crippen molar-refractivity contribution in [3.63, 3.8) is 0 Å². The van der Waals surface area contributed by atoms with Crippen LogP contribution in [0.4, 0.5) is 5.69 Å². The summed E-state index contributed by atoms with van der Waals surface area (Å²) in [7, 11) is -2.06. The number of methoxy groups -OCH3 is 1. The van der Waals surface area contributed by atoms with Gasteiger partial charge in [0, 0.05) is 13.1 Å². The summed E-state index contributed by atoms with van der Waals surface area (Å²) in [6, 6.07) is 12.4. The quantitative estimate of drug-likeness (QED) is 0.832. The molecule has 7 heteroatoms. The lowest BCUT2D eigenvalue weighted by molar-refractivity contribution is -0.120. The largest absolute Gasteiger partial charge is 0.495 e. The predicted octanol–water partition coefficient (Wildman–Crippen LogP) is 3.35. The first-order chi connectivity index (χ1) is 13.3. The van der Waals surface area contributed by atoms with E-state index in [1.54, 1.807) is 37.4 Å². The van der Waals surface area contributed by atoms with E-state index in [2.05, 4.69) is 5.32 Å². The Labute approximate surface area is 166 Å². The minimum Gasteiger partial charge on any atom is -0.495 e. The number of carbonyl (C=O) groups is 1. The molecule has 150 valence electrons. The van der Waals surface area contributed by atoms with E-state index in [1.807, 2.05) is 26.0 Å². The van der Waals surface area contributed by atoms with E-state index in [1.165, 1.54) is 4.31 Å². The molecule has 1 aliphatic heterocycles. The van der Waals surface area contributed by atoms with Crippen molar-refractivity contribution in [3.8, 4) is 5.75 Å². The van der Waals surface area contributed by atoms with Gasteiger partial charge in [0.2, 0.25) is 15.9 Å². The summed E-state index contributed by atoms with van der Waals surface area (Å²) in [5.41, 5.74) is 2.61. The first-order valence-corrected chi connectivity index (χ1v) is 10.8. The standard InChI is InChI=1S/C21H26N2O4S/c1-15-6-9-18(10-7-15)28(25,26)23-12-4-5-17(14-23)21(24)22-19-13-16(2)8-11-20(19)27-3/h6-11,13,17H,4-5,12,14H2,1-3H3,(H,22,24)/t17-/m0/s1. The molecular formula is C21H26N2O4S. The van der Waals surface area contributed by atoms with Crippen LogP contribution in [-0.4, -0.2) is 38.8 Å². The lowest BCUT2D eigenvalue weighted by Gasteiger charge is -2.31. The maximum Gasteiger partial charge on any atom is 0.243 e. The maximum absolute atomic E-state index is 12.9. The maximum atomic E-state index is 12.9. The van der Waals surface area contributed by atoms with Crippen LogP contribution in [0.2, 0.25) is 0 Å². The van der Waals surface area contributed by atoms with Gasteiger partial charge in [-0.1, -0.05) is 23.8 Å². The second kappa shape index (κ2) is 8.32. The molecule has 0 saturated carbocycles. The number of ether oxygens (including phenoxy) is 1. The Bertz CT molecular complexity index is 955. The minimum absolute atomic E-state index is 0.177. The average molecular weight is 403 g/mol. The van der Waals surface area contributed by atoms with Gasteiger partial charge in [0.05, 0.1) is 23.6 Å². The molecule has 0 unspecified atom stereocenters. The first-order valence-electron chi connectivity index (χ1n) is 9.33. The van der Waals surface area contributed by atoms with Crippen molar-refractivity contribution in [3.05, 3.63) is 53.6 Å². The van der Waals surface area contributed by atoms with Crippen molar-refractivity contribution in [1.29, 1.82) is 0 Å². The number of rotatable bonds is 5. The number of carbonyl (C=O) groups excluding carboxylic acids is 1. The van der Waals surface area contributed by atoms with E-state index in [-0.39, 0.29) is 17.3 Å². The Balaban J connectivity index is 1.75. The molecule has 28 heavy (non-hydrogen) atoms. The molecule has 1 saturated heterocycles. The van der Waals surface area contributed by atoms with Crippen LogP contribution in [0.15, 0.2) is 47.4 Å². The fourth-order valence-electron chi connectivity index (χ4n) is 3.39. The number of aryl methyl sites for hydroxylation is 2. The smallest absolute Gasteiger partial charge is 0.243 e. The molecule has 6 nitrogen and oxygen atoms in total. The van der Waals surface area contributed by atoms with Crippen molar-refractivity contribution in [2.75, 3.05) is 25.5 Å². The van der Waals surface area contributed by atoms with Crippen LogP contribution in [0.1, 0.15) is 24.0 Å². The highest BCUT2D eigenvalue weighted by Gasteiger charge is 2.33. The molecule has 0 aliphatic carbocycles. The summed E-state index contributed by atoms with van der Waals surface area (Å²) >= 11 is 0. The number of nitrogens with zero attached hydrogens (tertiary/aromatic N) is 1. The number of hydrogen-bond donors (Lipinski definition) is 1. The normalized spacial score (nSPS) is 17.9. The van der Waals surface area contributed by atoms with E-state index in [4.69, 9.17) is 4.74 Å². The average Bonchev–Trinajstić information content (AvgIpc) is 2.68. The van der Waals surface area contributed by atoms with Crippen LogP contribution in [0.3, 0.4) is 0 Å². The number of piperidine rings is 1. The fourth-order valence-corrected chi connectivity index (χ4v) is 4.91. The Morgan fingerprint density at radius 3 is 2.46 bits per heavy atom. The molecule has 0 spiro atoms. The van der Waals surface area contributed by atoms with Gasteiger partial charge in [-0.25, -0.2) is 8.42 Å². The molecule has 0 bridgehead atoms. The molecule has 1 heterocycles. The third kappa shape index (κ3) is 4.36. The first kappa shape index (κ1) is 20.4. The van der Waals surface area contributed by atoms with Crippen molar-refractivity contribution in [2.24, 2.45) is 5.92 Å². The van der Waals surface area contributed by atoms with E-state index >= 15 is 0 Å².